The molecule has 0 N–H and O–H groups in total. The number of aromatic nitrogens is 1. The second-order valence-corrected chi connectivity index (χ2v) is 1.88. The third-order valence-electron chi connectivity index (χ3n) is 1.02. The molecule has 1 aromatic rings. The maximum absolute atomic E-state index is 10.7. The van der Waals surface area contributed by atoms with E-state index in [9.17, 15) is 4.79 Å². The van der Waals surface area contributed by atoms with Crippen molar-refractivity contribution < 1.29 is 14.1 Å². The molecule has 0 spiro atoms. The van der Waals surface area contributed by atoms with Gasteiger partial charge < -0.3 is 9.26 Å². The summed E-state index contributed by atoms with van der Waals surface area (Å²) in [6.07, 6.45) is 2.78. The Hall–Kier alpha value is -1.76. The van der Waals surface area contributed by atoms with Crippen molar-refractivity contribution in [3.63, 3.8) is 0 Å². The summed E-state index contributed by atoms with van der Waals surface area (Å²) in [6.45, 7) is 2.05. The highest BCUT2D eigenvalue weighted by Gasteiger charge is 1.93. The smallest absolute Gasteiger partial charge is 0.384 e. The van der Waals surface area contributed by atoms with E-state index in [4.69, 9.17) is 0 Å². The third kappa shape index (κ3) is 2.46. The molecule has 0 aromatic carbocycles. The molecule has 1 aromatic heterocycles. The molecular formula is C8H7NO3. The molecule has 0 aliphatic rings. The van der Waals surface area contributed by atoms with Gasteiger partial charge in [-0.2, -0.15) is 0 Å². The fourth-order valence-corrected chi connectivity index (χ4v) is 0.557. The van der Waals surface area contributed by atoms with E-state index in [1.54, 1.807) is 6.92 Å². The summed E-state index contributed by atoms with van der Waals surface area (Å²) in [5.41, 5.74) is 0.558. The second-order valence-electron chi connectivity index (χ2n) is 1.88. The van der Waals surface area contributed by atoms with E-state index < -0.39 is 5.97 Å². The summed E-state index contributed by atoms with van der Waals surface area (Å²) in [4.78, 5) is 10.7. The van der Waals surface area contributed by atoms with Crippen LogP contribution in [-0.2, 0) is 9.53 Å². The van der Waals surface area contributed by atoms with Gasteiger partial charge in [0, 0.05) is 5.92 Å². The number of esters is 1. The van der Waals surface area contributed by atoms with Crippen LogP contribution >= 0.6 is 0 Å². The molecule has 0 unspecified atom stereocenters. The van der Waals surface area contributed by atoms with Crippen molar-refractivity contribution in [2.75, 3.05) is 6.61 Å². The lowest BCUT2D eigenvalue weighted by molar-refractivity contribution is -0.136. The number of ether oxygens (including phenoxy) is 1. The predicted octanol–water partition coefficient (Wildman–Crippen LogP) is 0.589. The maximum Gasteiger partial charge on any atom is 0.384 e. The molecule has 0 amide bonds. The first kappa shape index (κ1) is 8.34. The van der Waals surface area contributed by atoms with Crippen molar-refractivity contribution >= 4 is 5.97 Å². The van der Waals surface area contributed by atoms with Crippen molar-refractivity contribution in [2.45, 2.75) is 6.92 Å². The first-order chi connectivity index (χ1) is 5.83. The van der Waals surface area contributed by atoms with Crippen LogP contribution in [0.3, 0.4) is 0 Å². The molecular weight excluding hydrogens is 158 g/mol. The molecule has 0 bridgehead atoms. The second kappa shape index (κ2) is 4.19. The molecule has 0 aliphatic carbocycles. The van der Waals surface area contributed by atoms with Crippen molar-refractivity contribution in [1.29, 1.82) is 0 Å². The molecule has 0 fully saturated rings. The Morgan fingerprint density at radius 2 is 2.67 bits per heavy atom. The minimum absolute atomic E-state index is 0.331. The number of carbonyl (C=O) groups excluding carboxylic acids is 1. The van der Waals surface area contributed by atoms with Gasteiger partial charge in [-0.25, -0.2) is 4.79 Å². The number of nitrogens with zero attached hydrogens (tertiary/aromatic N) is 1. The van der Waals surface area contributed by atoms with Crippen molar-refractivity contribution in [1.82, 2.24) is 5.16 Å². The van der Waals surface area contributed by atoms with E-state index in [2.05, 4.69) is 26.3 Å². The first-order valence-electron chi connectivity index (χ1n) is 3.41. The average Bonchev–Trinajstić information content (AvgIpc) is 2.53. The van der Waals surface area contributed by atoms with Gasteiger partial charge in [-0.3, -0.25) is 0 Å². The van der Waals surface area contributed by atoms with Gasteiger partial charge in [-0.1, -0.05) is 5.16 Å². The Kier molecular flexibility index (Phi) is 2.91. The molecule has 0 saturated heterocycles. The third-order valence-corrected chi connectivity index (χ3v) is 1.02. The molecule has 1 heterocycles. The van der Waals surface area contributed by atoms with Gasteiger partial charge in [0.05, 0.1) is 18.4 Å². The van der Waals surface area contributed by atoms with E-state index in [0.717, 1.165) is 0 Å². The molecule has 4 nitrogen and oxygen atoms in total. The minimum Gasteiger partial charge on any atom is -0.456 e. The SMILES string of the molecule is CCOC(=O)C#Cc1cnoc1. The van der Waals surface area contributed by atoms with Crippen LogP contribution in [0, 0.1) is 11.8 Å². The van der Waals surface area contributed by atoms with E-state index >= 15 is 0 Å². The lowest BCUT2D eigenvalue weighted by Crippen LogP contribution is -1.99. The first-order valence-corrected chi connectivity index (χ1v) is 3.41. The van der Waals surface area contributed by atoms with Crippen molar-refractivity contribution in [2.24, 2.45) is 0 Å². The number of carbonyl (C=O) groups is 1. The van der Waals surface area contributed by atoms with Gasteiger partial charge in [0.1, 0.15) is 6.26 Å². The van der Waals surface area contributed by atoms with Gasteiger partial charge in [0.15, 0.2) is 0 Å². The Balaban J connectivity index is 2.54. The van der Waals surface area contributed by atoms with E-state index in [0.29, 0.717) is 12.2 Å². The topological polar surface area (TPSA) is 52.3 Å². The summed E-state index contributed by atoms with van der Waals surface area (Å²) < 4.78 is 9.08. The standard InChI is InChI=1S/C8H7NO3/c1-2-11-8(10)4-3-7-5-9-12-6-7/h5-6H,2H2,1H3. The number of rotatable bonds is 1. The van der Waals surface area contributed by atoms with Crippen molar-refractivity contribution in [3.05, 3.63) is 18.0 Å². The zero-order valence-corrected chi connectivity index (χ0v) is 6.53. The normalized spacial score (nSPS) is 8.42. The molecule has 4 heteroatoms. The van der Waals surface area contributed by atoms with Gasteiger partial charge in [0.2, 0.25) is 0 Å². The summed E-state index contributed by atoms with van der Waals surface area (Å²) in [6, 6.07) is 0. The van der Waals surface area contributed by atoms with Crippen LogP contribution in [-0.4, -0.2) is 17.7 Å². The highest BCUT2D eigenvalue weighted by atomic mass is 16.5. The van der Waals surface area contributed by atoms with Crippen molar-refractivity contribution in [3.8, 4) is 11.8 Å². The average molecular weight is 165 g/mol. The molecule has 0 radical (unpaired) electrons. The lowest BCUT2D eigenvalue weighted by atomic mass is 10.4. The lowest BCUT2D eigenvalue weighted by Gasteiger charge is -1.89. The summed E-state index contributed by atoms with van der Waals surface area (Å²) in [5.74, 6) is 4.26. The highest BCUT2D eigenvalue weighted by molar-refractivity contribution is 5.89. The minimum atomic E-state index is -0.543. The van der Waals surface area contributed by atoms with Gasteiger partial charge in [-0.05, 0) is 12.8 Å². The molecule has 1 rings (SSSR count). The van der Waals surface area contributed by atoms with Gasteiger partial charge >= 0.3 is 5.97 Å². The Bertz CT molecular complexity index is 305. The van der Waals surface area contributed by atoms with E-state index in [-0.39, 0.29) is 0 Å². The molecule has 0 aliphatic heterocycles. The largest absolute Gasteiger partial charge is 0.456 e. The van der Waals surface area contributed by atoms with E-state index in [1.165, 1.54) is 12.5 Å². The summed E-state index contributed by atoms with van der Waals surface area (Å²) in [5, 5.41) is 3.42. The van der Waals surface area contributed by atoms with Crippen LogP contribution < -0.4 is 0 Å². The molecule has 12 heavy (non-hydrogen) atoms. The highest BCUT2D eigenvalue weighted by Crippen LogP contribution is 1.91. The van der Waals surface area contributed by atoms with E-state index in [1.807, 2.05) is 0 Å². The zero-order valence-electron chi connectivity index (χ0n) is 6.53. The summed E-state index contributed by atoms with van der Waals surface area (Å²) in [7, 11) is 0. The van der Waals surface area contributed by atoms with Crippen LogP contribution in [0.5, 0.6) is 0 Å². The predicted molar refractivity (Wildman–Crippen MR) is 40.0 cm³/mol. The van der Waals surface area contributed by atoms with Crippen LogP contribution in [0.2, 0.25) is 0 Å². The van der Waals surface area contributed by atoms with Crippen LogP contribution in [0.15, 0.2) is 17.0 Å². The van der Waals surface area contributed by atoms with Crippen LogP contribution in [0.1, 0.15) is 12.5 Å². The Morgan fingerprint density at radius 1 is 1.83 bits per heavy atom. The van der Waals surface area contributed by atoms with Crippen LogP contribution in [0.4, 0.5) is 0 Å². The summed E-state index contributed by atoms with van der Waals surface area (Å²) >= 11 is 0. The molecule has 62 valence electrons. The number of hydrogen-bond donors (Lipinski definition) is 0. The maximum atomic E-state index is 10.7. The molecule has 0 saturated carbocycles. The van der Waals surface area contributed by atoms with Gasteiger partial charge in [0.25, 0.3) is 0 Å². The van der Waals surface area contributed by atoms with Crippen LogP contribution in [0.25, 0.3) is 0 Å². The fraction of sp³-hybridized carbons (Fsp3) is 0.250. The Labute approximate surface area is 69.5 Å². The van der Waals surface area contributed by atoms with Gasteiger partial charge in [-0.15, -0.1) is 0 Å². The molecule has 0 atom stereocenters. The number of hydrogen-bond acceptors (Lipinski definition) is 4. The Morgan fingerprint density at radius 3 is 3.25 bits per heavy atom. The quantitative estimate of drug-likeness (QED) is 0.451. The fourth-order valence-electron chi connectivity index (χ4n) is 0.557. The monoisotopic (exact) mass is 165 g/mol. The zero-order chi connectivity index (χ0) is 8.81.